The van der Waals surface area contributed by atoms with Crippen molar-refractivity contribution in [2.24, 2.45) is 4.99 Å². The summed E-state index contributed by atoms with van der Waals surface area (Å²) in [5.74, 6) is -1.31. The van der Waals surface area contributed by atoms with Crippen LogP contribution >= 0.6 is 0 Å². The van der Waals surface area contributed by atoms with Gasteiger partial charge in [-0.15, -0.1) is 0 Å². The second kappa shape index (κ2) is 5.24. The van der Waals surface area contributed by atoms with Crippen LogP contribution in [0.1, 0.15) is 18.5 Å². The summed E-state index contributed by atoms with van der Waals surface area (Å²) in [6.45, 7) is 0.681. The Balaban J connectivity index is 2.86. The van der Waals surface area contributed by atoms with Crippen LogP contribution in [0.3, 0.4) is 0 Å². The number of rotatable bonds is 4. The van der Waals surface area contributed by atoms with Gasteiger partial charge in [0.05, 0.1) is 6.04 Å². The Kier molecular flexibility index (Phi) is 3.97. The standard InChI is InChI=1S/C11H12FNO2/c1-8(9-5-3-2-4-6-9)13-10(7-12)11(14)15/h2-6,8H,7H2,1H3,(H,14,15)/b13-10+. The normalized spacial score (nSPS) is 13.6. The minimum absolute atomic E-state index is 0.340. The smallest absolute Gasteiger partial charge is 0.352 e. The Hall–Kier alpha value is -1.71. The molecule has 0 saturated carbocycles. The highest BCUT2D eigenvalue weighted by Crippen LogP contribution is 2.15. The van der Waals surface area contributed by atoms with E-state index in [1.165, 1.54) is 0 Å². The van der Waals surface area contributed by atoms with Gasteiger partial charge in [0.25, 0.3) is 0 Å². The van der Waals surface area contributed by atoms with E-state index in [1.807, 2.05) is 30.3 Å². The lowest BCUT2D eigenvalue weighted by molar-refractivity contribution is -0.129. The number of halogens is 1. The van der Waals surface area contributed by atoms with Crippen molar-refractivity contribution in [1.82, 2.24) is 0 Å². The van der Waals surface area contributed by atoms with Gasteiger partial charge in [-0.05, 0) is 12.5 Å². The van der Waals surface area contributed by atoms with Crippen molar-refractivity contribution >= 4 is 11.7 Å². The summed E-state index contributed by atoms with van der Waals surface area (Å²) in [5, 5.41) is 8.60. The van der Waals surface area contributed by atoms with Crippen molar-refractivity contribution in [2.75, 3.05) is 6.67 Å². The van der Waals surface area contributed by atoms with Crippen LogP contribution in [0, 0.1) is 0 Å². The van der Waals surface area contributed by atoms with Crippen molar-refractivity contribution in [3.63, 3.8) is 0 Å². The lowest BCUT2D eigenvalue weighted by atomic mass is 10.1. The number of carboxylic acid groups (broad SMARTS) is 1. The molecular formula is C11H12FNO2. The summed E-state index contributed by atoms with van der Waals surface area (Å²) in [6.07, 6.45) is 0. The Bertz CT molecular complexity index is 362. The maximum absolute atomic E-state index is 12.3. The number of aliphatic carboxylic acids is 1. The fourth-order valence-electron chi connectivity index (χ4n) is 1.19. The molecule has 0 saturated heterocycles. The summed E-state index contributed by atoms with van der Waals surface area (Å²) in [6, 6.07) is 8.83. The molecule has 0 aliphatic rings. The number of carbonyl (C=O) groups is 1. The van der Waals surface area contributed by atoms with Crippen LogP contribution < -0.4 is 0 Å². The number of benzene rings is 1. The molecule has 0 radical (unpaired) electrons. The predicted molar refractivity (Wildman–Crippen MR) is 55.9 cm³/mol. The van der Waals surface area contributed by atoms with Crippen molar-refractivity contribution < 1.29 is 14.3 Å². The molecule has 15 heavy (non-hydrogen) atoms. The maximum atomic E-state index is 12.3. The van der Waals surface area contributed by atoms with Crippen LogP contribution in [0.15, 0.2) is 35.3 Å². The van der Waals surface area contributed by atoms with E-state index < -0.39 is 18.4 Å². The van der Waals surface area contributed by atoms with E-state index in [2.05, 4.69) is 4.99 Å². The molecule has 1 unspecified atom stereocenters. The maximum Gasteiger partial charge on any atom is 0.352 e. The van der Waals surface area contributed by atoms with E-state index >= 15 is 0 Å². The molecule has 1 N–H and O–H groups in total. The lowest BCUT2D eigenvalue weighted by Gasteiger charge is -2.07. The number of carboxylic acids is 1. The fraction of sp³-hybridized carbons (Fsp3) is 0.273. The molecule has 3 nitrogen and oxygen atoms in total. The highest BCUT2D eigenvalue weighted by molar-refractivity contribution is 6.36. The number of hydrogen-bond acceptors (Lipinski definition) is 2. The van der Waals surface area contributed by atoms with E-state index in [4.69, 9.17) is 5.11 Å². The van der Waals surface area contributed by atoms with Crippen LogP contribution in [0.5, 0.6) is 0 Å². The van der Waals surface area contributed by atoms with Gasteiger partial charge in [-0.2, -0.15) is 0 Å². The third-order valence-electron chi connectivity index (χ3n) is 2.00. The van der Waals surface area contributed by atoms with Gasteiger partial charge >= 0.3 is 5.97 Å². The van der Waals surface area contributed by atoms with Gasteiger partial charge in [0, 0.05) is 0 Å². The van der Waals surface area contributed by atoms with E-state index in [9.17, 15) is 9.18 Å². The van der Waals surface area contributed by atoms with Crippen LogP contribution in [-0.2, 0) is 4.79 Å². The van der Waals surface area contributed by atoms with Crippen LogP contribution in [0.4, 0.5) is 4.39 Å². The molecule has 0 amide bonds. The second-order valence-electron chi connectivity index (χ2n) is 3.10. The Morgan fingerprint density at radius 3 is 2.53 bits per heavy atom. The van der Waals surface area contributed by atoms with Crippen molar-refractivity contribution in [3.8, 4) is 0 Å². The lowest BCUT2D eigenvalue weighted by Crippen LogP contribution is -2.16. The first-order valence-electron chi connectivity index (χ1n) is 4.56. The number of alkyl halides is 1. The highest BCUT2D eigenvalue weighted by Gasteiger charge is 2.11. The second-order valence-corrected chi connectivity index (χ2v) is 3.10. The van der Waals surface area contributed by atoms with E-state index in [-0.39, 0.29) is 6.04 Å². The first kappa shape index (κ1) is 11.4. The average Bonchev–Trinajstić information content (AvgIpc) is 2.26. The van der Waals surface area contributed by atoms with Crippen LogP contribution in [0.2, 0.25) is 0 Å². The van der Waals surface area contributed by atoms with Crippen molar-refractivity contribution in [1.29, 1.82) is 0 Å². The molecule has 1 atom stereocenters. The molecule has 4 heteroatoms. The zero-order chi connectivity index (χ0) is 11.3. The third kappa shape index (κ3) is 3.16. The summed E-state index contributed by atoms with van der Waals surface area (Å²) < 4.78 is 12.3. The van der Waals surface area contributed by atoms with Crippen LogP contribution in [0.25, 0.3) is 0 Å². The molecule has 0 heterocycles. The molecule has 1 aromatic carbocycles. The molecular weight excluding hydrogens is 197 g/mol. The zero-order valence-electron chi connectivity index (χ0n) is 8.35. The monoisotopic (exact) mass is 209 g/mol. The number of hydrogen-bond donors (Lipinski definition) is 1. The number of nitrogens with zero attached hydrogens (tertiary/aromatic N) is 1. The Morgan fingerprint density at radius 2 is 2.07 bits per heavy atom. The molecule has 80 valence electrons. The summed E-state index contributed by atoms with van der Waals surface area (Å²) in [4.78, 5) is 14.3. The van der Waals surface area contributed by atoms with Gasteiger partial charge in [-0.3, -0.25) is 4.99 Å². The van der Waals surface area contributed by atoms with Crippen LogP contribution in [-0.4, -0.2) is 23.5 Å². The third-order valence-corrected chi connectivity index (χ3v) is 2.00. The highest BCUT2D eigenvalue weighted by atomic mass is 19.1. The number of aliphatic imine (C=N–C) groups is 1. The molecule has 0 aliphatic carbocycles. The molecule has 1 aromatic rings. The van der Waals surface area contributed by atoms with E-state index in [0.717, 1.165) is 5.56 Å². The summed E-state index contributed by atoms with van der Waals surface area (Å²) >= 11 is 0. The predicted octanol–water partition coefficient (Wildman–Crippen LogP) is 2.24. The SMILES string of the molecule is CC(/N=C(\CF)C(=O)O)c1ccccc1. The van der Waals surface area contributed by atoms with E-state index in [0.29, 0.717) is 0 Å². The quantitative estimate of drug-likeness (QED) is 0.773. The fourth-order valence-corrected chi connectivity index (χ4v) is 1.19. The molecule has 0 fully saturated rings. The molecule has 0 aromatic heterocycles. The van der Waals surface area contributed by atoms with Gasteiger partial charge < -0.3 is 5.11 Å². The summed E-state index contributed by atoms with van der Waals surface area (Å²) in [7, 11) is 0. The Morgan fingerprint density at radius 1 is 1.47 bits per heavy atom. The van der Waals surface area contributed by atoms with Crippen molar-refractivity contribution in [3.05, 3.63) is 35.9 Å². The van der Waals surface area contributed by atoms with Gasteiger partial charge in [-0.1, -0.05) is 30.3 Å². The van der Waals surface area contributed by atoms with Gasteiger partial charge in [-0.25, -0.2) is 9.18 Å². The van der Waals surface area contributed by atoms with E-state index in [1.54, 1.807) is 6.92 Å². The first-order valence-corrected chi connectivity index (χ1v) is 4.56. The average molecular weight is 209 g/mol. The Labute approximate surface area is 87.3 Å². The molecule has 1 rings (SSSR count). The molecule has 0 aliphatic heterocycles. The van der Waals surface area contributed by atoms with Crippen molar-refractivity contribution in [2.45, 2.75) is 13.0 Å². The topological polar surface area (TPSA) is 49.7 Å². The first-order chi connectivity index (χ1) is 7.15. The molecule has 0 bridgehead atoms. The van der Waals surface area contributed by atoms with Gasteiger partial charge in [0.2, 0.25) is 0 Å². The summed E-state index contributed by atoms with van der Waals surface area (Å²) in [5.41, 5.74) is 0.427. The minimum Gasteiger partial charge on any atom is -0.477 e. The van der Waals surface area contributed by atoms with Gasteiger partial charge in [0.15, 0.2) is 5.71 Å². The van der Waals surface area contributed by atoms with Gasteiger partial charge in [0.1, 0.15) is 6.67 Å². The zero-order valence-corrected chi connectivity index (χ0v) is 8.35. The largest absolute Gasteiger partial charge is 0.477 e. The minimum atomic E-state index is -1.31. The molecule has 0 spiro atoms.